The number of hydrogen-bond acceptors (Lipinski definition) is 4. The minimum Gasteiger partial charge on any atom is -0.467 e. The third-order valence-corrected chi connectivity index (χ3v) is 5.38. The molecule has 2 aromatic heterocycles. The maximum Gasteiger partial charge on any atom is 0.254 e. The van der Waals surface area contributed by atoms with Crippen LogP contribution in [0.3, 0.4) is 0 Å². The summed E-state index contributed by atoms with van der Waals surface area (Å²) < 4.78 is 12.6. The van der Waals surface area contributed by atoms with Crippen molar-refractivity contribution in [1.82, 2.24) is 14.4 Å². The van der Waals surface area contributed by atoms with Gasteiger partial charge in [0.15, 0.2) is 0 Å². The molecule has 0 N–H and O–H groups in total. The SMILES string of the molecule is COCCCN(CC(=O)N(Cc1ccco1)Cc1cccn1C)C(=O)c1cccc(Cl)c1. The van der Waals surface area contributed by atoms with E-state index >= 15 is 0 Å². The van der Waals surface area contributed by atoms with Gasteiger partial charge in [-0.3, -0.25) is 9.59 Å². The molecule has 32 heavy (non-hydrogen) atoms. The van der Waals surface area contributed by atoms with Gasteiger partial charge < -0.3 is 23.5 Å². The van der Waals surface area contributed by atoms with Crippen LogP contribution in [0, 0.1) is 0 Å². The Bertz CT molecular complexity index is 1020. The molecule has 0 saturated heterocycles. The second kappa shape index (κ2) is 11.5. The predicted molar refractivity (Wildman–Crippen MR) is 122 cm³/mol. The van der Waals surface area contributed by atoms with Gasteiger partial charge in [-0.1, -0.05) is 17.7 Å². The number of methoxy groups -OCH3 is 1. The van der Waals surface area contributed by atoms with Crippen molar-refractivity contribution in [2.45, 2.75) is 19.5 Å². The Morgan fingerprint density at radius 1 is 1.09 bits per heavy atom. The van der Waals surface area contributed by atoms with Crippen LogP contribution in [-0.4, -0.2) is 53.0 Å². The number of nitrogens with zero attached hydrogens (tertiary/aromatic N) is 3. The van der Waals surface area contributed by atoms with E-state index in [1.165, 1.54) is 0 Å². The second-order valence-electron chi connectivity index (χ2n) is 7.52. The second-order valence-corrected chi connectivity index (χ2v) is 7.96. The molecule has 0 spiro atoms. The number of carbonyl (C=O) groups is 2. The number of aromatic nitrogens is 1. The fourth-order valence-corrected chi connectivity index (χ4v) is 3.59. The smallest absolute Gasteiger partial charge is 0.254 e. The predicted octanol–water partition coefficient (Wildman–Crippen LogP) is 3.98. The zero-order valence-corrected chi connectivity index (χ0v) is 19.1. The number of aryl methyl sites for hydroxylation is 1. The van der Waals surface area contributed by atoms with E-state index in [4.69, 9.17) is 20.8 Å². The van der Waals surface area contributed by atoms with Crippen LogP contribution in [0.5, 0.6) is 0 Å². The monoisotopic (exact) mass is 457 g/mol. The third-order valence-electron chi connectivity index (χ3n) is 5.15. The highest BCUT2D eigenvalue weighted by Crippen LogP contribution is 2.15. The Morgan fingerprint density at radius 3 is 2.59 bits per heavy atom. The zero-order valence-electron chi connectivity index (χ0n) is 18.4. The standard InChI is InChI=1S/C24H28ClN3O4/c1-26-11-4-9-21(26)16-28(17-22-10-5-14-32-22)23(29)18-27(12-6-13-31-2)24(30)19-7-3-8-20(25)15-19/h3-5,7-11,14-15H,6,12-13,16-18H2,1-2H3. The summed E-state index contributed by atoms with van der Waals surface area (Å²) >= 11 is 6.07. The highest BCUT2D eigenvalue weighted by atomic mass is 35.5. The molecule has 0 saturated carbocycles. The molecule has 1 aromatic carbocycles. The van der Waals surface area contributed by atoms with E-state index in [-0.39, 0.29) is 18.4 Å². The summed E-state index contributed by atoms with van der Waals surface area (Å²) in [5, 5.41) is 0.474. The molecule has 0 radical (unpaired) electrons. The van der Waals surface area contributed by atoms with Crippen LogP contribution in [0.25, 0.3) is 0 Å². The lowest BCUT2D eigenvalue weighted by molar-refractivity contribution is -0.133. The van der Waals surface area contributed by atoms with Gasteiger partial charge in [0.2, 0.25) is 5.91 Å². The number of rotatable bonds is 11. The van der Waals surface area contributed by atoms with Gasteiger partial charge in [-0.25, -0.2) is 0 Å². The Kier molecular flexibility index (Phi) is 8.53. The Morgan fingerprint density at radius 2 is 1.94 bits per heavy atom. The van der Waals surface area contributed by atoms with E-state index in [0.717, 1.165) is 5.69 Å². The van der Waals surface area contributed by atoms with Crippen LogP contribution in [0.2, 0.25) is 5.02 Å². The number of hydrogen-bond donors (Lipinski definition) is 0. The van der Waals surface area contributed by atoms with E-state index < -0.39 is 0 Å². The lowest BCUT2D eigenvalue weighted by atomic mass is 10.2. The third kappa shape index (κ3) is 6.48. The van der Waals surface area contributed by atoms with Gasteiger partial charge >= 0.3 is 0 Å². The highest BCUT2D eigenvalue weighted by Gasteiger charge is 2.24. The lowest BCUT2D eigenvalue weighted by Gasteiger charge is -2.27. The van der Waals surface area contributed by atoms with Gasteiger partial charge in [0.05, 0.1) is 19.4 Å². The van der Waals surface area contributed by atoms with Gasteiger partial charge in [-0.05, 0) is 48.9 Å². The minimum atomic E-state index is -0.242. The quantitative estimate of drug-likeness (QED) is 0.408. The van der Waals surface area contributed by atoms with Gasteiger partial charge in [0.25, 0.3) is 5.91 Å². The average Bonchev–Trinajstić information content (AvgIpc) is 3.44. The van der Waals surface area contributed by atoms with E-state index in [9.17, 15) is 9.59 Å². The van der Waals surface area contributed by atoms with Crippen molar-refractivity contribution in [2.24, 2.45) is 7.05 Å². The molecule has 0 bridgehead atoms. The van der Waals surface area contributed by atoms with Crippen LogP contribution in [-0.2, 0) is 29.7 Å². The van der Waals surface area contributed by atoms with Crippen LogP contribution >= 0.6 is 11.6 Å². The summed E-state index contributed by atoms with van der Waals surface area (Å²) in [6.07, 6.45) is 4.14. The van der Waals surface area contributed by atoms with E-state index in [1.807, 2.05) is 36.0 Å². The van der Waals surface area contributed by atoms with Gasteiger partial charge in [-0.15, -0.1) is 0 Å². The molecule has 0 aliphatic carbocycles. The molecular formula is C24H28ClN3O4. The van der Waals surface area contributed by atoms with E-state index in [1.54, 1.807) is 53.5 Å². The molecule has 0 atom stereocenters. The fourth-order valence-electron chi connectivity index (χ4n) is 3.40. The van der Waals surface area contributed by atoms with Crippen molar-refractivity contribution in [2.75, 3.05) is 26.8 Å². The Balaban J connectivity index is 1.79. The summed E-state index contributed by atoms with van der Waals surface area (Å²) in [7, 11) is 3.55. The first-order valence-corrected chi connectivity index (χ1v) is 10.8. The summed E-state index contributed by atoms with van der Waals surface area (Å²) in [6.45, 7) is 1.55. The van der Waals surface area contributed by atoms with Crippen molar-refractivity contribution < 1.29 is 18.7 Å². The van der Waals surface area contributed by atoms with Gasteiger partial charge in [0.1, 0.15) is 12.3 Å². The first-order chi connectivity index (χ1) is 15.5. The summed E-state index contributed by atoms with van der Waals surface area (Å²) in [5.74, 6) is 0.267. The molecule has 3 aromatic rings. The largest absolute Gasteiger partial charge is 0.467 e. The summed E-state index contributed by atoms with van der Waals surface area (Å²) in [4.78, 5) is 29.8. The first kappa shape index (κ1) is 23.6. The zero-order chi connectivity index (χ0) is 22.9. The molecule has 2 amide bonds. The van der Waals surface area contributed by atoms with Crippen LogP contribution in [0.1, 0.15) is 28.2 Å². The maximum atomic E-state index is 13.4. The van der Waals surface area contributed by atoms with Crippen molar-refractivity contribution in [1.29, 1.82) is 0 Å². The van der Waals surface area contributed by atoms with Gasteiger partial charge in [0, 0.05) is 49.8 Å². The Hall–Kier alpha value is -3.03. The molecule has 0 aliphatic heterocycles. The summed E-state index contributed by atoms with van der Waals surface area (Å²) in [6, 6.07) is 14.3. The van der Waals surface area contributed by atoms with Crippen molar-refractivity contribution in [3.63, 3.8) is 0 Å². The number of halogens is 1. The van der Waals surface area contributed by atoms with E-state index in [2.05, 4.69) is 0 Å². The highest BCUT2D eigenvalue weighted by molar-refractivity contribution is 6.31. The molecule has 3 rings (SSSR count). The molecule has 7 nitrogen and oxygen atoms in total. The average molecular weight is 458 g/mol. The summed E-state index contributed by atoms with van der Waals surface area (Å²) in [5.41, 5.74) is 1.43. The molecular weight excluding hydrogens is 430 g/mol. The molecule has 0 fully saturated rings. The lowest BCUT2D eigenvalue weighted by Crippen LogP contribution is -2.43. The van der Waals surface area contributed by atoms with Crippen molar-refractivity contribution in [3.05, 3.63) is 83.0 Å². The number of ether oxygens (including phenoxy) is 1. The molecule has 2 heterocycles. The molecule has 0 unspecified atom stereocenters. The molecule has 0 aliphatic rings. The minimum absolute atomic E-state index is 0.0554. The number of amides is 2. The Labute approximate surface area is 193 Å². The van der Waals surface area contributed by atoms with Crippen LogP contribution < -0.4 is 0 Å². The van der Waals surface area contributed by atoms with Crippen molar-refractivity contribution >= 4 is 23.4 Å². The first-order valence-electron chi connectivity index (χ1n) is 10.4. The van der Waals surface area contributed by atoms with Crippen molar-refractivity contribution in [3.8, 4) is 0 Å². The van der Waals surface area contributed by atoms with E-state index in [0.29, 0.717) is 49.0 Å². The number of furan rings is 1. The normalized spacial score (nSPS) is 10.8. The fraction of sp³-hybridized carbons (Fsp3) is 0.333. The van der Waals surface area contributed by atoms with Gasteiger partial charge in [-0.2, -0.15) is 0 Å². The number of carbonyl (C=O) groups excluding carboxylic acids is 2. The number of benzene rings is 1. The van der Waals surface area contributed by atoms with Crippen LogP contribution in [0.4, 0.5) is 0 Å². The van der Waals surface area contributed by atoms with Crippen LogP contribution in [0.15, 0.2) is 65.4 Å². The molecule has 8 heteroatoms. The topological polar surface area (TPSA) is 67.9 Å². The molecule has 170 valence electrons. The maximum absolute atomic E-state index is 13.4.